The van der Waals surface area contributed by atoms with E-state index >= 15 is 0 Å². The van der Waals surface area contributed by atoms with Crippen molar-refractivity contribution in [2.24, 2.45) is 0 Å². The molecule has 5 nitrogen and oxygen atoms in total. The fourth-order valence-electron chi connectivity index (χ4n) is 4.71. The van der Waals surface area contributed by atoms with Gasteiger partial charge < -0.3 is 4.74 Å². The Balaban J connectivity index is 1.87. The zero-order chi connectivity index (χ0) is 22.0. The Hall–Kier alpha value is -2.60. The zero-order valence-electron chi connectivity index (χ0n) is 18.8. The third-order valence-electron chi connectivity index (χ3n) is 6.70. The van der Waals surface area contributed by atoms with E-state index in [0.717, 1.165) is 24.1 Å². The van der Waals surface area contributed by atoms with Gasteiger partial charge in [-0.3, -0.25) is 10.4 Å². The summed E-state index contributed by atoms with van der Waals surface area (Å²) < 4.78 is 19.4. The fourth-order valence-corrected chi connectivity index (χ4v) is 4.71. The number of halogens is 1. The zero-order valence-corrected chi connectivity index (χ0v) is 18.8. The number of nitrogens with zero attached hydrogens (tertiary/aromatic N) is 2. The summed E-state index contributed by atoms with van der Waals surface area (Å²) in [4.78, 5) is 11.9. The van der Waals surface area contributed by atoms with Crippen LogP contribution in [0.4, 0.5) is 21.5 Å². The Morgan fingerprint density at radius 3 is 2.23 bits per heavy atom. The van der Waals surface area contributed by atoms with Crippen molar-refractivity contribution in [3.63, 3.8) is 0 Å². The molecule has 1 aliphatic carbocycles. The third-order valence-corrected chi connectivity index (χ3v) is 6.70. The Bertz CT molecular complexity index is 1050. The van der Waals surface area contributed by atoms with Crippen LogP contribution in [0.15, 0.2) is 24.3 Å². The highest BCUT2D eigenvalue weighted by Gasteiger charge is 2.39. The topological polar surface area (TPSA) is 44.8 Å². The van der Waals surface area contributed by atoms with Crippen LogP contribution in [-0.2, 0) is 15.6 Å². The van der Waals surface area contributed by atoms with Crippen molar-refractivity contribution in [2.75, 3.05) is 24.6 Å². The van der Waals surface area contributed by atoms with Gasteiger partial charge in [0, 0.05) is 13.1 Å². The maximum absolute atomic E-state index is 14.7. The Morgan fingerprint density at radius 2 is 1.63 bits per heavy atom. The van der Waals surface area contributed by atoms with Gasteiger partial charge in [-0.1, -0.05) is 33.8 Å². The van der Waals surface area contributed by atoms with E-state index in [-0.39, 0.29) is 16.4 Å². The van der Waals surface area contributed by atoms with Crippen LogP contribution in [0.5, 0.6) is 0 Å². The first kappa shape index (κ1) is 20.7. The van der Waals surface area contributed by atoms with E-state index in [9.17, 15) is 9.18 Å². The smallest absolute Gasteiger partial charge is 0.340 e. The van der Waals surface area contributed by atoms with Crippen LogP contribution < -0.4 is 10.4 Å². The minimum absolute atomic E-state index is 0.0713. The number of rotatable bonds is 2. The lowest BCUT2D eigenvalue weighted by atomic mass is 9.63. The molecule has 4 rings (SSSR count). The normalized spacial score (nSPS) is 19.1. The van der Waals surface area contributed by atoms with Gasteiger partial charge in [-0.25, -0.2) is 9.18 Å². The van der Waals surface area contributed by atoms with Gasteiger partial charge in [0.2, 0.25) is 0 Å². The molecule has 2 aromatic carbocycles. The number of carbonyl (C=O) groups excluding carboxylic acids is 1. The highest BCUT2D eigenvalue weighted by Crippen LogP contribution is 2.49. The standard InChI is InChI=1S/C24H30FN3O2/c1-14-10-16-17(24(4,5)9-8-23(16,2)3)12-20(14)28-21-13-18(25)15(22(29)30-7)11-19(21)26-27(28)6/h10-13,26H,8-9H2,1-7H3. The van der Waals surface area contributed by atoms with Crippen LogP contribution in [0, 0.1) is 12.7 Å². The van der Waals surface area contributed by atoms with Crippen LogP contribution in [0.25, 0.3) is 0 Å². The summed E-state index contributed by atoms with van der Waals surface area (Å²) in [6.07, 6.45) is 2.28. The predicted molar refractivity (Wildman–Crippen MR) is 118 cm³/mol. The molecule has 1 N–H and O–H groups in total. The first-order valence-electron chi connectivity index (χ1n) is 10.3. The van der Waals surface area contributed by atoms with Crippen LogP contribution in [0.3, 0.4) is 0 Å². The molecule has 0 atom stereocenters. The van der Waals surface area contributed by atoms with Crippen molar-refractivity contribution in [1.29, 1.82) is 0 Å². The molecule has 0 spiro atoms. The van der Waals surface area contributed by atoms with Crippen molar-refractivity contribution in [2.45, 2.75) is 58.3 Å². The molecule has 6 heteroatoms. The van der Waals surface area contributed by atoms with E-state index in [2.05, 4.69) is 52.2 Å². The summed E-state index contributed by atoms with van der Waals surface area (Å²) in [5.74, 6) is -1.29. The highest BCUT2D eigenvalue weighted by molar-refractivity contribution is 5.94. The number of carbonyl (C=O) groups is 1. The van der Waals surface area contributed by atoms with E-state index in [0.29, 0.717) is 11.4 Å². The molecular formula is C24H30FN3O2. The number of benzene rings is 2. The molecule has 0 radical (unpaired) electrons. The van der Waals surface area contributed by atoms with Crippen molar-refractivity contribution < 1.29 is 13.9 Å². The molecule has 30 heavy (non-hydrogen) atoms. The number of hydrazine groups is 2. The molecule has 2 aliphatic rings. The SMILES string of the molecule is COC(=O)c1cc2c(cc1F)N(c1cc3c(cc1C)C(C)(C)CCC3(C)C)N(C)N2. The molecule has 0 unspecified atom stereocenters. The maximum atomic E-state index is 14.7. The molecule has 0 saturated carbocycles. The minimum atomic E-state index is -0.688. The van der Waals surface area contributed by atoms with Crippen LogP contribution in [0.2, 0.25) is 0 Å². The van der Waals surface area contributed by atoms with Crippen LogP contribution in [-0.4, -0.2) is 25.2 Å². The molecule has 2 aromatic rings. The monoisotopic (exact) mass is 411 g/mol. The van der Waals surface area contributed by atoms with Crippen molar-refractivity contribution in [3.8, 4) is 0 Å². The molecule has 0 saturated heterocycles. The lowest BCUT2D eigenvalue weighted by molar-refractivity contribution is 0.0595. The molecule has 0 bridgehead atoms. The Labute approximate surface area is 177 Å². The summed E-state index contributed by atoms with van der Waals surface area (Å²) >= 11 is 0. The molecule has 1 heterocycles. The van der Waals surface area contributed by atoms with E-state index < -0.39 is 11.8 Å². The number of methoxy groups -OCH3 is 1. The summed E-state index contributed by atoms with van der Waals surface area (Å²) in [7, 11) is 3.13. The average molecular weight is 412 g/mol. The number of aryl methyl sites for hydroxylation is 1. The molecule has 160 valence electrons. The Kier molecular flexibility index (Phi) is 4.62. The minimum Gasteiger partial charge on any atom is -0.465 e. The second-order valence-electron chi connectivity index (χ2n) is 9.74. The first-order chi connectivity index (χ1) is 14.0. The van der Waals surface area contributed by atoms with Gasteiger partial charge in [0.05, 0.1) is 29.7 Å². The summed E-state index contributed by atoms with van der Waals surface area (Å²) in [5.41, 5.74) is 9.52. The van der Waals surface area contributed by atoms with Gasteiger partial charge in [0.25, 0.3) is 0 Å². The number of hydrogen-bond donors (Lipinski definition) is 1. The van der Waals surface area contributed by atoms with Crippen LogP contribution >= 0.6 is 0 Å². The second-order valence-corrected chi connectivity index (χ2v) is 9.74. The van der Waals surface area contributed by atoms with E-state index in [4.69, 9.17) is 4.74 Å². The highest BCUT2D eigenvalue weighted by atomic mass is 19.1. The second kappa shape index (κ2) is 6.71. The van der Waals surface area contributed by atoms with Crippen LogP contribution in [0.1, 0.15) is 67.6 Å². The lowest BCUT2D eigenvalue weighted by Gasteiger charge is -2.43. The van der Waals surface area contributed by atoms with Gasteiger partial charge in [0.1, 0.15) is 5.82 Å². The fraction of sp³-hybridized carbons (Fsp3) is 0.458. The third kappa shape index (κ3) is 3.05. The predicted octanol–water partition coefficient (Wildman–Crippen LogP) is 5.60. The van der Waals surface area contributed by atoms with Gasteiger partial charge in [-0.15, -0.1) is 5.12 Å². The van der Waals surface area contributed by atoms with Gasteiger partial charge in [-0.2, -0.15) is 0 Å². The average Bonchev–Trinajstić information content (AvgIpc) is 2.98. The van der Waals surface area contributed by atoms with E-state index in [1.807, 2.05) is 17.2 Å². The molecule has 0 fully saturated rings. The number of anilines is 3. The summed E-state index contributed by atoms with van der Waals surface area (Å²) in [6, 6.07) is 7.45. The largest absolute Gasteiger partial charge is 0.465 e. The number of fused-ring (bicyclic) bond motifs is 2. The molecule has 0 amide bonds. The summed E-state index contributed by atoms with van der Waals surface area (Å²) in [6.45, 7) is 11.3. The number of esters is 1. The molecular weight excluding hydrogens is 381 g/mol. The number of nitrogens with one attached hydrogen (secondary N) is 1. The summed E-state index contributed by atoms with van der Waals surface area (Å²) in [5, 5.41) is 3.79. The van der Waals surface area contributed by atoms with Gasteiger partial charge >= 0.3 is 5.97 Å². The maximum Gasteiger partial charge on any atom is 0.340 e. The van der Waals surface area contributed by atoms with Gasteiger partial charge in [0.15, 0.2) is 0 Å². The van der Waals surface area contributed by atoms with E-state index in [1.165, 1.54) is 30.4 Å². The number of ether oxygens (including phenoxy) is 1. The quantitative estimate of drug-likeness (QED) is 0.652. The first-order valence-corrected chi connectivity index (χ1v) is 10.3. The number of hydrogen-bond acceptors (Lipinski definition) is 5. The van der Waals surface area contributed by atoms with E-state index in [1.54, 1.807) is 0 Å². The van der Waals surface area contributed by atoms with Gasteiger partial charge in [-0.05, 0) is 59.4 Å². The van der Waals surface area contributed by atoms with Crippen molar-refractivity contribution >= 4 is 23.0 Å². The van der Waals surface area contributed by atoms with Crippen molar-refractivity contribution in [3.05, 3.63) is 52.3 Å². The molecule has 0 aromatic heterocycles. The lowest BCUT2D eigenvalue weighted by Crippen LogP contribution is -2.37. The molecule has 1 aliphatic heterocycles. The Morgan fingerprint density at radius 1 is 1.03 bits per heavy atom. The van der Waals surface area contributed by atoms with Crippen molar-refractivity contribution in [1.82, 2.24) is 5.12 Å².